The second-order valence-corrected chi connectivity index (χ2v) is 8.56. The number of benzene rings is 2. The van der Waals surface area contributed by atoms with E-state index in [0.717, 1.165) is 9.87 Å². The molecule has 0 aliphatic heterocycles. The topological polar surface area (TPSA) is 102 Å². The number of carbonyl (C=O) groups excluding carboxylic acids is 1. The lowest BCUT2D eigenvalue weighted by Gasteiger charge is -2.11. The lowest BCUT2D eigenvalue weighted by atomic mass is 10.1. The van der Waals surface area contributed by atoms with Gasteiger partial charge in [-0.05, 0) is 36.4 Å². The predicted molar refractivity (Wildman–Crippen MR) is 107 cm³/mol. The Labute approximate surface area is 169 Å². The number of aromatic nitrogens is 1. The second-order valence-electron chi connectivity index (χ2n) is 6.41. The van der Waals surface area contributed by atoms with Gasteiger partial charge < -0.3 is 14.6 Å². The van der Waals surface area contributed by atoms with Crippen molar-refractivity contribution in [2.75, 3.05) is 21.2 Å². The van der Waals surface area contributed by atoms with E-state index < -0.39 is 10.0 Å². The molecule has 0 saturated carbocycles. The third kappa shape index (κ3) is 4.64. The third-order valence-corrected chi connectivity index (χ3v) is 6.07. The summed E-state index contributed by atoms with van der Waals surface area (Å²) in [7, 11) is 0.957. The quantitative estimate of drug-likeness (QED) is 0.636. The zero-order chi connectivity index (χ0) is 21.0. The summed E-state index contributed by atoms with van der Waals surface area (Å²) >= 11 is 0. The number of carbonyl (C=O) groups is 1. The van der Waals surface area contributed by atoms with Crippen molar-refractivity contribution in [2.24, 2.45) is 0 Å². The van der Waals surface area contributed by atoms with Crippen molar-refractivity contribution in [2.45, 2.75) is 11.4 Å². The van der Waals surface area contributed by atoms with Crippen molar-refractivity contribution >= 4 is 15.9 Å². The smallest absolute Gasteiger partial charge is 0.251 e. The van der Waals surface area contributed by atoms with E-state index in [0.29, 0.717) is 22.8 Å². The summed E-state index contributed by atoms with van der Waals surface area (Å²) in [6.07, 6.45) is 0. The van der Waals surface area contributed by atoms with Gasteiger partial charge in [-0.2, -0.15) is 0 Å². The number of amides is 1. The van der Waals surface area contributed by atoms with Crippen molar-refractivity contribution in [3.8, 4) is 17.1 Å². The highest BCUT2D eigenvalue weighted by Crippen LogP contribution is 2.24. The van der Waals surface area contributed by atoms with Gasteiger partial charge in [-0.15, -0.1) is 0 Å². The van der Waals surface area contributed by atoms with Gasteiger partial charge in [-0.1, -0.05) is 17.3 Å². The van der Waals surface area contributed by atoms with E-state index in [-0.39, 0.29) is 17.3 Å². The summed E-state index contributed by atoms with van der Waals surface area (Å²) in [5, 5.41) is 6.70. The molecule has 0 aliphatic rings. The fourth-order valence-electron chi connectivity index (χ4n) is 2.57. The molecular weight excluding hydrogens is 394 g/mol. The van der Waals surface area contributed by atoms with E-state index >= 15 is 0 Å². The average Bonchev–Trinajstić information content (AvgIpc) is 3.21. The largest absolute Gasteiger partial charge is 0.497 e. The standard InChI is InChI=1S/C20H21N3O5S/c1-23(2)29(25,26)18-9-7-14(8-10-18)20(24)21-13-16-12-19(28-22-16)15-5-4-6-17(11-15)27-3/h4-12H,13H2,1-3H3,(H,21,24). The van der Waals surface area contributed by atoms with Crippen LogP contribution in [0.3, 0.4) is 0 Å². The molecule has 3 aromatic rings. The number of hydrogen-bond acceptors (Lipinski definition) is 6. The Bertz CT molecular complexity index is 1110. The van der Waals surface area contributed by atoms with Gasteiger partial charge >= 0.3 is 0 Å². The van der Waals surface area contributed by atoms with Crippen LogP contribution in [0.2, 0.25) is 0 Å². The molecule has 0 unspecified atom stereocenters. The monoisotopic (exact) mass is 415 g/mol. The summed E-state index contributed by atoms with van der Waals surface area (Å²) in [5.74, 6) is 0.921. The van der Waals surface area contributed by atoms with Crippen LogP contribution in [-0.2, 0) is 16.6 Å². The normalized spacial score (nSPS) is 11.4. The Hall–Kier alpha value is -3.17. The van der Waals surface area contributed by atoms with Gasteiger partial charge in [0.25, 0.3) is 5.91 Å². The molecule has 29 heavy (non-hydrogen) atoms. The summed E-state index contributed by atoms with van der Waals surface area (Å²) in [6, 6.07) is 14.9. The molecule has 0 saturated heterocycles. The molecule has 2 aromatic carbocycles. The molecule has 0 bridgehead atoms. The molecule has 1 aromatic heterocycles. The number of ether oxygens (including phenoxy) is 1. The molecule has 152 valence electrons. The number of sulfonamides is 1. The lowest BCUT2D eigenvalue weighted by Crippen LogP contribution is -2.24. The molecule has 9 heteroatoms. The van der Waals surface area contributed by atoms with Crippen molar-refractivity contribution < 1.29 is 22.5 Å². The molecule has 8 nitrogen and oxygen atoms in total. The average molecular weight is 415 g/mol. The van der Waals surface area contributed by atoms with Gasteiger partial charge in [0.2, 0.25) is 10.0 Å². The minimum absolute atomic E-state index is 0.124. The maximum atomic E-state index is 12.3. The molecular formula is C20H21N3O5S. The maximum Gasteiger partial charge on any atom is 0.251 e. The van der Waals surface area contributed by atoms with Crippen molar-refractivity contribution in [3.05, 3.63) is 65.9 Å². The van der Waals surface area contributed by atoms with Crippen LogP contribution in [-0.4, -0.2) is 45.0 Å². The van der Waals surface area contributed by atoms with Crippen LogP contribution in [0.1, 0.15) is 16.1 Å². The maximum absolute atomic E-state index is 12.3. The molecule has 1 heterocycles. The SMILES string of the molecule is COc1cccc(-c2cc(CNC(=O)c3ccc(S(=O)(=O)N(C)C)cc3)no2)c1. The fourth-order valence-corrected chi connectivity index (χ4v) is 3.47. The molecule has 0 fully saturated rings. The Kier molecular flexibility index (Phi) is 6.00. The van der Waals surface area contributed by atoms with E-state index in [1.54, 1.807) is 13.2 Å². The first-order chi connectivity index (χ1) is 13.8. The van der Waals surface area contributed by atoms with Crippen molar-refractivity contribution in [1.82, 2.24) is 14.8 Å². The van der Waals surface area contributed by atoms with E-state index in [1.807, 2.05) is 24.3 Å². The van der Waals surface area contributed by atoms with Gasteiger partial charge in [0.05, 0.1) is 18.6 Å². The zero-order valence-electron chi connectivity index (χ0n) is 16.2. The number of rotatable bonds is 7. The minimum atomic E-state index is -3.53. The summed E-state index contributed by atoms with van der Waals surface area (Å²) < 4.78 is 35.8. The Morgan fingerprint density at radius 3 is 2.52 bits per heavy atom. The van der Waals surface area contributed by atoms with Crippen LogP contribution < -0.4 is 10.1 Å². The number of nitrogens with one attached hydrogen (secondary N) is 1. The van der Waals surface area contributed by atoms with E-state index in [9.17, 15) is 13.2 Å². The summed E-state index contributed by atoms with van der Waals surface area (Å²) in [5.41, 5.74) is 1.72. The van der Waals surface area contributed by atoms with E-state index in [1.165, 1.54) is 38.4 Å². The third-order valence-electron chi connectivity index (χ3n) is 4.24. The van der Waals surface area contributed by atoms with Crippen LogP contribution >= 0.6 is 0 Å². The second kappa shape index (κ2) is 8.46. The van der Waals surface area contributed by atoms with Gasteiger partial charge in [-0.25, -0.2) is 12.7 Å². The molecule has 0 radical (unpaired) electrons. The molecule has 1 amide bonds. The van der Waals surface area contributed by atoms with Crippen LogP contribution in [0.15, 0.2) is 64.0 Å². The van der Waals surface area contributed by atoms with Gasteiger partial charge in [0.15, 0.2) is 5.76 Å². The molecule has 3 rings (SSSR count). The Morgan fingerprint density at radius 1 is 1.14 bits per heavy atom. The summed E-state index contributed by atoms with van der Waals surface area (Å²) in [6.45, 7) is 0.171. The van der Waals surface area contributed by atoms with Gasteiger partial charge in [0.1, 0.15) is 11.4 Å². The molecule has 0 atom stereocenters. The first-order valence-corrected chi connectivity index (χ1v) is 10.2. The molecule has 0 aliphatic carbocycles. The van der Waals surface area contributed by atoms with Crippen molar-refractivity contribution in [1.29, 1.82) is 0 Å². The number of nitrogens with zero attached hydrogens (tertiary/aromatic N) is 2. The Morgan fingerprint density at radius 2 is 1.86 bits per heavy atom. The minimum Gasteiger partial charge on any atom is -0.497 e. The van der Waals surface area contributed by atoms with Crippen LogP contribution in [0.5, 0.6) is 5.75 Å². The highest BCUT2D eigenvalue weighted by atomic mass is 32.2. The van der Waals surface area contributed by atoms with Gasteiger partial charge in [0, 0.05) is 31.3 Å². The highest BCUT2D eigenvalue weighted by molar-refractivity contribution is 7.89. The van der Waals surface area contributed by atoms with E-state index in [4.69, 9.17) is 9.26 Å². The first kappa shape index (κ1) is 20.6. The zero-order valence-corrected chi connectivity index (χ0v) is 17.1. The number of methoxy groups -OCH3 is 1. The van der Waals surface area contributed by atoms with Gasteiger partial charge in [-0.3, -0.25) is 4.79 Å². The van der Waals surface area contributed by atoms with Crippen LogP contribution in [0.4, 0.5) is 0 Å². The van der Waals surface area contributed by atoms with Crippen molar-refractivity contribution in [3.63, 3.8) is 0 Å². The van der Waals surface area contributed by atoms with Crippen LogP contribution in [0.25, 0.3) is 11.3 Å². The highest BCUT2D eigenvalue weighted by Gasteiger charge is 2.17. The first-order valence-electron chi connectivity index (χ1n) is 8.72. The number of hydrogen-bond donors (Lipinski definition) is 1. The molecule has 0 spiro atoms. The predicted octanol–water partition coefficient (Wildman–Crippen LogP) is 2.53. The van der Waals surface area contributed by atoms with E-state index in [2.05, 4.69) is 10.5 Å². The Balaban J connectivity index is 1.65. The van der Waals surface area contributed by atoms with Crippen LogP contribution in [0, 0.1) is 0 Å². The fraction of sp³-hybridized carbons (Fsp3) is 0.200. The molecule has 1 N–H and O–H groups in total. The summed E-state index contributed by atoms with van der Waals surface area (Å²) in [4.78, 5) is 12.5. The lowest BCUT2D eigenvalue weighted by molar-refractivity contribution is 0.0950.